The molecular weight excluding hydrogens is 757 g/mol. The van der Waals surface area contributed by atoms with Crippen LogP contribution in [-0.4, -0.2) is 19.9 Å². The van der Waals surface area contributed by atoms with Gasteiger partial charge in [-0.15, -0.1) is 0 Å². The number of hydrogen-bond donors (Lipinski definition) is 2. The third-order valence-corrected chi connectivity index (χ3v) is 9.46. The Kier molecular flexibility index (Phi) is 9.96. The maximum absolute atomic E-state index is 13.8. The predicted molar refractivity (Wildman–Crippen MR) is 228 cm³/mol. The van der Waals surface area contributed by atoms with Crippen molar-refractivity contribution < 1.29 is 17.6 Å². The monoisotopic (exact) mass is 782 g/mol. The molecule has 0 atom stereocenters. The summed E-state index contributed by atoms with van der Waals surface area (Å²) in [6.45, 7) is 0. The third-order valence-electron chi connectivity index (χ3n) is 9.46. The number of hydrogen-bond acceptors (Lipinski definition) is 2. The molecule has 0 saturated heterocycles. The van der Waals surface area contributed by atoms with Gasteiger partial charge in [0.1, 0.15) is 23.3 Å². The van der Waals surface area contributed by atoms with Gasteiger partial charge < -0.3 is 9.97 Å². The van der Waals surface area contributed by atoms with Gasteiger partial charge in [0.05, 0.1) is 67.1 Å². The van der Waals surface area contributed by atoms with Gasteiger partial charge in [0.15, 0.2) is 0 Å². The molecule has 8 bridgehead atoms. The first-order valence-corrected chi connectivity index (χ1v) is 18.6. The highest BCUT2D eigenvalue weighted by atomic mass is 19.1. The zero-order valence-electron chi connectivity index (χ0n) is 31.3. The Morgan fingerprint density at radius 2 is 0.533 bits per heavy atom. The summed E-state index contributed by atoms with van der Waals surface area (Å²) in [5.41, 5.74) is 9.29. The second-order valence-electron chi connectivity index (χ2n) is 13.5. The van der Waals surface area contributed by atoms with Crippen molar-refractivity contribution in [1.82, 2.24) is 19.9 Å². The number of aromatic nitrogens is 4. The van der Waals surface area contributed by atoms with Crippen LogP contribution in [0.3, 0.4) is 0 Å². The van der Waals surface area contributed by atoms with Gasteiger partial charge in [-0.3, -0.25) is 0 Å². The molecule has 5 heterocycles. The van der Waals surface area contributed by atoms with Crippen LogP contribution in [0.4, 0.5) is 17.6 Å². The van der Waals surface area contributed by atoms with E-state index in [9.17, 15) is 17.6 Å². The Balaban J connectivity index is 1.37. The van der Waals surface area contributed by atoms with Crippen LogP contribution in [0.25, 0.3) is 46.4 Å². The van der Waals surface area contributed by atoms with Crippen LogP contribution in [0.5, 0.6) is 0 Å². The summed E-state index contributed by atoms with van der Waals surface area (Å²) in [6, 6.07) is 31.2. The van der Waals surface area contributed by atoms with Crippen LogP contribution in [-0.2, 0) is 0 Å². The van der Waals surface area contributed by atoms with Gasteiger partial charge in [-0.2, -0.15) is 0 Å². The molecule has 4 aromatic carbocycles. The van der Waals surface area contributed by atoms with Gasteiger partial charge in [0, 0.05) is 22.3 Å². The lowest BCUT2D eigenvalue weighted by Gasteiger charge is -1.98. The standard InChI is InChI=1S/C52H26F4N4/c53-37-13-1-33(2-14-37)9-21-41-45-25-27-47(57-45)42(22-10-34-3-15-38(54)16-4-34)49-29-31-51(59-49)44(24-12-36-7-19-40(56)20-8-36)52-32-30-50(60-52)43(48-28-26-46(41)58-48)23-11-35-5-17-39(55)18-6-35/h1-8,13-20,25-32,57-58H. The summed E-state index contributed by atoms with van der Waals surface area (Å²) in [4.78, 5) is 17.1. The van der Waals surface area contributed by atoms with E-state index in [1.165, 1.54) is 48.5 Å². The molecule has 2 N–H and O–H groups in total. The fourth-order valence-corrected chi connectivity index (χ4v) is 6.40. The fraction of sp³-hybridized carbons (Fsp3) is 0. The topological polar surface area (TPSA) is 57.4 Å². The zero-order chi connectivity index (χ0) is 41.0. The van der Waals surface area contributed by atoms with Crippen LogP contribution in [0.1, 0.15) is 67.3 Å². The average molecular weight is 783 g/mol. The molecule has 0 radical (unpaired) electrons. The van der Waals surface area contributed by atoms with E-state index in [4.69, 9.17) is 9.97 Å². The normalized spacial score (nSPS) is 11.0. The van der Waals surface area contributed by atoms with Crippen molar-refractivity contribution >= 4 is 46.4 Å². The minimum absolute atomic E-state index is 0.367. The van der Waals surface area contributed by atoms with Crippen LogP contribution >= 0.6 is 0 Å². The van der Waals surface area contributed by atoms with Crippen molar-refractivity contribution in [3.8, 4) is 47.4 Å². The van der Waals surface area contributed by atoms with Crippen LogP contribution < -0.4 is 0 Å². The number of H-pyrrole nitrogens is 2. The molecule has 2 aliphatic rings. The Hall–Kier alpha value is -8.56. The molecule has 7 aromatic rings. The quantitative estimate of drug-likeness (QED) is 0.119. The third kappa shape index (κ3) is 8.13. The highest BCUT2D eigenvalue weighted by molar-refractivity contribution is 5.88. The van der Waals surface area contributed by atoms with Gasteiger partial charge in [-0.05, 0) is 146 Å². The minimum atomic E-state index is -0.373. The smallest absolute Gasteiger partial charge is 0.123 e. The molecule has 2 aliphatic heterocycles. The summed E-state index contributed by atoms with van der Waals surface area (Å²) in [5, 5.41) is 0. The van der Waals surface area contributed by atoms with Crippen molar-refractivity contribution in [3.05, 3.63) is 212 Å². The van der Waals surface area contributed by atoms with Crippen LogP contribution in [0.2, 0.25) is 0 Å². The summed E-state index contributed by atoms with van der Waals surface area (Å²) in [6.07, 6.45) is 7.35. The van der Waals surface area contributed by atoms with Crippen LogP contribution in [0.15, 0.2) is 121 Å². The first kappa shape index (κ1) is 37.0. The lowest BCUT2D eigenvalue weighted by atomic mass is 10.1. The molecule has 0 spiro atoms. The Morgan fingerprint density at radius 1 is 0.283 bits per heavy atom. The second-order valence-corrected chi connectivity index (χ2v) is 13.5. The lowest BCUT2D eigenvalue weighted by Crippen LogP contribution is -1.91. The number of halogens is 4. The highest BCUT2D eigenvalue weighted by Gasteiger charge is 2.15. The largest absolute Gasteiger partial charge is 0.353 e. The number of rotatable bonds is 0. The highest BCUT2D eigenvalue weighted by Crippen LogP contribution is 2.27. The Labute approximate surface area is 342 Å². The predicted octanol–water partition coefficient (Wildman–Crippen LogP) is 10.8. The SMILES string of the molecule is Fc1ccc(C#Cc2c3nc(c(C#Cc4ccc(F)cc4)c4ccc([nH]4)c(C#Cc4ccc(F)cc4)c4ccc([nH]4)c(C#Cc4ccc(F)cc4)c4nc2C=C4)C=C3)cc1. The average Bonchev–Trinajstić information content (AvgIpc) is 4.11. The minimum Gasteiger partial charge on any atom is -0.353 e. The van der Waals surface area contributed by atoms with E-state index in [0.29, 0.717) is 89.4 Å². The molecule has 8 heteroatoms. The van der Waals surface area contributed by atoms with Gasteiger partial charge in [-0.1, -0.05) is 47.4 Å². The molecule has 282 valence electrons. The molecule has 0 aliphatic carbocycles. The Morgan fingerprint density at radius 3 is 0.850 bits per heavy atom. The van der Waals surface area contributed by atoms with Gasteiger partial charge in [-0.25, -0.2) is 27.5 Å². The maximum atomic E-state index is 13.8. The lowest BCUT2D eigenvalue weighted by molar-refractivity contribution is 0.627. The number of benzene rings is 4. The number of fused-ring (bicyclic) bond motifs is 8. The number of aromatic amines is 2. The number of nitrogens with one attached hydrogen (secondary N) is 2. The molecule has 60 heavy (non-hydrogen) atoms. The molecule has 4 nitrogen and oxygen atoms in total. The van der Waals surface area contributed by atoms with Crippen molar-refractivity contribution in [3.63, 3.8) is 0 Å². The van der Waals surface area contributed by atoms with Crippen LogP contribution in [0, 0.1) is 70.6 Å². The zero-order valence-corrected chi connectivity index (χ0v) is 31.3. The van der Waals surface area contributed by atoms with E-state index < -0.39 is 0 Å². The van der Waals surface area contributed by atoms with Gasteiger partial charge in [0.25, 0.3) is 0 Å². The van der Waals surface area contributed by atoms with Crippen molar-refractivity contribution in [2.75, 3.05) is 0 Å². The molecule has 0 saturated carbocycles. The molecule has 0 fully saturated rings. The van der Waals surface area contributed by atoms with E-state index in [0.717, 1.165) is 0 Å². The summed E-state index contributed by atoms with van der Waals surface area (Å²) < 4.78 is 55.2. The fourth-order valence-electron chi connectivity index (χ4n) is 6.40. The molecule has 3 aromatic heterocycles. The molecule has 0 unspecified atom stereocenters. The van der Waals surface area contributed by atoms with E-state index in [-0.39, 0.29) is 23.3 Å². The van der Waals surface area contributed by atoms with Gasteiger partial charge in [0.2, 0.25) is 0 Å². The van der Waals surface area contributed by atoms with E-state index in [1.807, 2.05) is 48.6 Å². The van der Waals surface area contributed by atoms with E-state index in [1.54, 1.807) is 48.5 Å². The maximum Gasteiger partial charge on any atom is 0.123 e. The Bertz CT molecular complexity index is 3180. The van der Waals surface area contributed by atoms with Crippen molar-refractivity contribution in [2.45, 2.75) is 0 Å². The summed E-state index contributed by atoms with van der Waals surface area (Å²) >= 11 is 0. The van der Waals surface area contributed by atoms with Crippen molar-refractivity contribution in [1.29, 1.82) is 0 Å². The first-order valence-electron chi connectivity index (χ1n) is 18.6. The summed E-state index contributed by atoms with van der Waals surface area (Å²) in [7, 11) is 0. The second kappa shape index (κ2) is 16.1. The molecular formula is C52H26F4N4. The van der Waals surface area contributed by atoms with Crippen molar-refractivity contribution in [2.24, 2.45) is 0 Å². The van der Waals surface area contributed by atoms with E-state index in [2.05, 4.69) is 57.3 Å². The summed E-state index contributed by atoms with van der Waals surface area (Å²) in [5.74, 6) is 24.2. The number of nitrogens with zero attached hydrogens (tertiary/aromatic N) is 2. The van der Waals surface area contributed by atoms with E-state index >= 15 is 0 Å². The van der Waals surface area contributed by atoms with Gasteiger partial charge >= 0.3 is 0 Å². The molecule has 0 amide bonds. The molecule has 9 rings (SSSR count). The first-order chi connectivity index (χ1) is 29.3.